The second-order valence-electron chi connectivity index (χ2n) is 25.7. The first-order valence-electron chi connectivity index (χ1n) is 34.5. The van der Waals surface area contributed by atoms with Crippen LogP contribution >= 0.6 is 11.6 Å². The van der Waals surface area contributed by atoms with E-state index < -0.39 is 5.41 Å². The number of fused-ring (bicyclic) bond motifs is 16. The number of benzene rings is 14. The van der Waals surface area contributed by atoms with Crippen molar-refractivity contribution >= 4 is 28.7 Å². The molecule has 0 bridgehead atoms. The van der Waals surface area contributed by atoms with Crippen LogP contribution in [-0.4, -0.2) is 29.9 Å². The third-order valence-corrected chi connectivity index (χ3v) is 20.1. The van der Waals surface area contributed by atoms with Crippen LogP contribution < -0.4 is 14.4 Å². The van der Waals surface area contributed by atoms with Gasteiger partial charge < -0.3 is 14.4 Å². The summed E-state index contributed by atoms with van der Waals surface area (Å²) < 4.78 is 12.9. The van der Waals surface area contributed by atoms with Gasteiger partial charge in [0, 0.05) is 66.3 Å². The largest absolute Gasteiger partial charge is 0.457 e. The molecular weight excluding hydrogens is 1280 g/mol. The summed E-state index contributed by atoms with van der Waals surface area (Å²) in [5.41, 5.74) is 20.6. The summed E-state index contributed by atoms with van der Waals surface area (Å²) in [6.07, 6.45) is 0.972. The Hall–Kier alpha value is -13.2. The van der Waals surface area contributed by atoms with Crippen LogP contribution in [0, 0.1) is 0 Å². The number of hydrogen-bond donors (Lipinski definition) is 0. The van der Waals surface area contributed by atoms with Crippen molar-refractivity contribution in [2.24, 2.45) is 0 Å². The van der Waals surface area contributed by atoms with Crippen LogP contribution in [0.3, 0.4) is 0 Å². The normalized spacial score (nSPS) is 13.2. The van der Waals surface area contributed by atoms with Crippen molar-refractivity contribution < 1.29 is 9.47 Å². The van der Waals surface area contributed by atoms with E-state index in [1.54, 1.807) is 0 Å². The van der Waals surface area contributed by atoms with Gasteiger partial charge in [0.15, 0.2) is 34.9 Å². The van der Waals surface area contributed by atoms with Crippen LogP contribution in [0.4, 0.5) is 17.1 Å². The van der Waals surface area contributed by atoms with Crippen LogP contribution in [0.25, 0.3) is 68.3 Å². The van der Waals surface area contributed by atoms with Crippen LogP contribution in [0.1, 0.15) is 55.6 Å². The number of anilines is 3. The lowest BCUT2D eigenvalue weighted by atomic mass is 9.58. The summed E-state index contributed by atoms with van der Waals surface area (Å²) in [5.74, 6) is 7.49. The Balaban J connectivity index is 0.000000122. The molecule has 103 heavy (non-hydrogen) atoms. The Kier molecular flexibility index (Phi) is 16.0. The van der Waals surface area contributed by atoms with Crippen molar-refractivity contribution in [2.75, 3.05) is 4.90 Å². The summed E-state index contributed by atoms with van der Waals surface area (Å²) in [4.78, 5) is 31.2. The van der Waals surface area contributed by atoms with Crippen molar-refractivity contribution in [1.29, 1.82) is 0 Å². The minimum absolute atomic E-state index is 0.336. The molecule has 0 amide bonds. The van der Waals surface area contributed by atoms with Crippen molar-refractivity contribution in [3.05, 3.63) is 425 Å². The molecule has 10 heteroatoms. The first-order chi connectivity index (χ1) is 51.0. The van der Waals surface area contributed by atoms with Gasteiger partial charge in [-0.15, -0.1) is 0 Å². The molecule has 0 saturated heterocycles. The van der Waals surface area contributed by atoms with Crippen molar-refractivity contribution in [1.82, 2.24) is 29.9 Å². The Morgan fingerprint density at radius 3 is 0.806 bits per heavy atom. The van der Waals surface area contributed by atoms with Crippen LogP contribution in [0.5, 0.6) is 23.0 Å². The molecule has 0 saturated carbocycles. The number of rotatable bonds is 7. The van der Waals surface area contributed by atoms with Crippen molar-refractivity contribution in [2.45, 2.75) is 17.3 Å². The first-order valence-corrected chi connectivity index (χ1v) is 34.8. The number of halogens is 1. The lowest BCUT2D eigenvalue weighted by Crippen LogP contribution is -2.39. The summed E-state index contributed by atoms with van der Waals surface area (Å²) in [7, 11) is 0. The molecule has 16 aromatic rings. The maximum Gasteiger partial charge on any atom is 0.164 e. The van der Waals surface area contributed by atoms with E-state index in [1.165, 1.54) is 44.5 Å². The van der Waals surface area contributed by atoms with E-state index in [4.69, 9.17) is 36.0 Å². The molecule has 4 aliphatic rings. The summed E-state index contributed by atoms with van der Waals surface area (Å²) >= 11 is 6.00. The Labute approximate surface area is 602 Å². The van der Waals surface area contributed by atoms with E-state index in [-0.39, 0.29) is 5.41 Å². The second kappa shape index (κ2) is 26.5. The van der Waals surface area contributed by atoms with Gasteiger partial charge in [0.05, 0.1) is 22.2 Å². The SMILES string of the molecule is Clc1ccc(-c2nc(-c3ccccc3)nc(-c3ccccc3)n2)cc1.c1ccc(-c2nc(-c3ccccc3)nc(-c3ccc(N4c5ccccc5C5(c6ccccc6Oc6ccccc65)c5ccccc54)cc3)n2)cc1.c1ccc2c(c1)Cc1ccccc1C21c2ccccc2Oc2ccccc21. The molecular formula is C93H62ClN7O2. The molecule has 1 aliphatic carbocycles. The highest BCUT2D eigenvalue weighted by Crippen LogP contribution is 2.63. The summed E-state index contributed by atoms with van der Waals surface area (Å²) in [6, 6.07) is 125. The number of para-hydroxylation sites is 6. The number of hydrogen-bond acceptors (Lipinski definition) is 9. The molecule has 2 spiro atoms. The average Bonchev–Trinajstić information content (AvgIpc) is 0.689. The molecule has 0 N–H and O–H groups in total. The molecule has 0 fully saturated rings. The third-order valence-electron chi connectivity index (χ3n) is 19.8. The van der Waals surface area contributed by atoms with Gasteiger partial charge in [0.25, 0.3) is 0 Å². The lowest BCUT2D eigenvalue weighted by Gasteiger charge is -2.48. The van der Waals surface area contributed by atoms with Gasteiger partial charge in [-0.3, -0.25) is 0 Å². The van der Waals surface area contributed by atoms with Gasteiger partial charge in [-0.25, -0.2) is 29.9 Å². The molecule has 3 aliphatic heterocycles. The van der Waals surface area contributed by atoms with Crippen LogP contribution in [0.15, 0.2) is 364 Å². The van der Waals surface area contributed by atoms with Gasteiger partial charge in [-0.1, -0.05) is 291 Å². The van der Waals surface area contributed by atoms with E-state index in [9.17, 15) is 0 Å². The smallest absolute Gasteiger partial charge is 0.164 e. The average molecular weight is 1350 g/mol. The first kappa shape index (κ1) is 62.1. The zero-order chi connectivity index (χ0) is 68.7. The fourth-order valence-electron chi connectivity index (χ4n) is 15.3. The highest BCUT2D eigenvalue weighted by molar-refractivity contribution is 6.30. The topological polar surface area (TPSA) is 99.0 Å². The zero-order valence-corrected chi connectivity index (χ0v) is 56.4. The Morgan fingerprint density at radius 1 is 0.233 bits per heavy atom. The predicted octanol–water partition coefficient (Wildman–Crippen LogP) is 22.7. The van der Waals surface area contributed by atoms with Gasteiger partial charge >= 0.3 is 0 Å². The maximum atomic E-state index is 6.54. The molecule has 0 atom stereocenters. The predicted molar refractivity (Wildman–Crippen MR) is 412 cm³/mol. The highest BCUT2D eigenvalue weighted by Gasteiger charge is 2.52. The molecule has 20 rings (SSSR count). The highest BCUT2D eigenvalue weighted by atomic mass is 35.5. The van der Waals surface area contributed by atoms with E-state index in [0.29, 0.717) is 40.0 Å². The summed E-state index contributed by atoms with van der Waals surface area (Å²) in [5, 5.41) is 0.685. The minimum atomic E-state index is -0.568. The molecule has 2 aromatic heterocycles. The van der Waals surface area contributed by atoms with Crippen molar-refractivity contribution in [3.63, 3.8) is 0 Å². The minimum Gasteiger partial charge on any atom is -0.457 e. The molecule has 9 nitrogen and oxygen atoms in total. The molecule has 488 valence electrons. The fourth-order valence-corrected chi connectivity index (χ4v) is 15.5. The molecule has 14 aromatic carbocycles. The Bertz CT molecular complexity index is 5420. The van der Waals surface area contributed by atoms with Crippen LogP contribution in [0.2, 0.25) is 5.02 Å². The maximum absolute atomic E-state index is 6.54. The Morgan fingerprint density at radius 2 is 0.476 bits per heavy atom. The molecule has 5 heterocycles. The number of aromatic nitrogens is 6. The summed E-state index contributed by atoms with van der Waals surface area (Å²) in [6.45, 7) is 0. The van der Waals surface area contributed by atoms with Gasteiger partial charge in [-0.05, 0) is 125 Å². The standard InChI is InChI=1S/C46H30N4O.C26H18O.C21H14ClN3/c1-3-15-31(16-4-1)43-47-44(32-17-5-2-6-18-32)49-45(48-43)33-27-29-34(30-28-33)50-39-23-11-7-19-35(39)46(36-20-8-12-24-40(36)50)37-21-9-13-25-41(37)51-42-26-14-10-22-38(42)46;1-3-11-20-18(9-1)17-19-10-2-4-12-21(19)26(20)22-13-5-7-15-24(22)27-25-16-8-6-14-23(25)26;22-18-13-11-17(12-14-18)21-24-19(15-7-3-1-4-8-15)23-20(25-21)16-9-5-2-6-10-16/h1-30H;1-16H,17H2;1-14H. The number of ether oxygens (including phenoxy) is 2. The monoisotopic (exact) mass is 1340 g/mol. The quantitative estimate of drug-likeness (QED) is 0.154. The molecule has 0 radical (unpaired) electrons. The van der Waals surface area contributed by atoms with E-state index >= 15 is 0 Å². The van der Waals surface area contributed by atoms with Crippen LogP contribution in [-0.2, 0) is 17.3 Å². The van der Waals surface area contributed by atoms with E-state index in [2.05, 4.69) is 226 Å². The van der Waals surface area contributed by atoms with E-state index in [1.807, 2.05) is 158 Å². The van der Waals surface area contributed by atoms with Gasteiger partial charge in [0.1, 0.15) is 23.0 Å². The third kappa shape index (κ3) is 11.0. The van der Waals surface area contributed by atoms with E-state index in [0.717, 1.165) is 91.0 Å². The zero-order valence-electron chi connectivity index (χ0n) is 55.7. The van der Waals surface area contributed by atoms with Crippen molar-refractivity contribution in [3.8, 4) is 91.3 Å². The van der Waals surface area contributed by atoms with Gasteiger partial charge in [0.2, 0.25) is 0 Å². The number of nitrogens with zero attached hydrogens (tertiary/aromatic N) is 7. The van der Waals surface area contributed by atoms with Gasteiger partial charge in [-0.2, -0.15) is 0 Å². The lowest BCUT2D eigenvalue weighted by molar-refractivity contribution is 0.432. The second-order valence-corrected chi connectivity index (χ2v) is 26.1. The fraction of sp³-hybridized carbons (Fsp3) is 0.0323. The molecule has 0 unspecified atom stereocenters.